The van der Waals surface area contributed by atoms with Gasteiger partial charge in [0.05, 0.1) is 6.42 Å². The summed E-state index contributed by atoms with van der Waals surface area (Å²) in [6, 6.07) is 11.0. The minimum Gasteiger partial charge on any atom is -0.351 e. The van der Waals surface area contributed by atoms with E-state index in [9.17, 15) is 9.18 Å². The van der Waals surface area contributed by atoms with Crippen LogP contribution in [0.2, 0.25) is 0 Å². The first-order chi connectivity index (χ1) is 10.2. The molecule has 21 heavy (non-hydrogen) atoms. The lowest BCUT2D eigenvalue weighted by molar-refractivity contribution is -0.131. The summed E-state index contributed by atoms with van der Waals surface area (Å²) in [5.74, 6) is -0.279. The van der Waals surface area contributed by atoms with Crippen molar-refractivity contribution in [3.05, 3.63) is 60.2 Å². The van der Waals surface area contributed by atoms with E-state index in [1.807, 2.05) is 17.0 Å². The fraction of sp³-hybridized carbons (Fsp3) is 0.353. The van der Waals surface area contributed by atoms with Crippen LogP contribution in [0, 0.1) is 5.82 Å². The second kappa shape index (κ2) is 6.12. The van der Waals surface area contributed by atoms with E-state index in [1.54, 1.807) is 18.2 Å². The molecule has 1 aromatic heterocycles. The van der Waals surface area contributed by atoms with Crippen molar-refractivity contribution in [2.75, 3.05) is 13.1 Å². The molecule has 0 radical (unpaired) electrons. The van der Waals surface area contributed by atoms with Gasteiger partial charge < -0.3 is 9.47 Å². The highest BCUT2D eigenvalue weighted by Crippen LogP contribution is 2.23. The monoisotopic (exact) mass is 286 g/mol. The number of hydrogen-bond donors (Lipinski definition) is 0. The van der Waals surface area contributed by atoms with Crippen LogP contribution in [0.5, 0.6) is 0 Å². The SMILES string of the molecule is O=C(Cc1ccccc1F)N1CCC(n2cccc2)CC1. The highest BCUT2D eigenvalue weighted by molar-refractivity contribution is 5.78. The average molecular weight is 286 g/mol. The van der Waals surface area contributed by atoms with Crippen molar-refractivity contribution in [2.45, 2.75) is 25.3 Å². The van der Waals surface area contributed by atoms with Crippen LogP contribution in [0.15, 0.2) is 48.8 Å². The van der Waals surface area contributed by atoms with Crippen molar-refractivity contribution in [3.63, 3.8) is 0 Å². The molecule has 0 atom stereocenters. The van der Waals surface area contributed by atoms with E-state index in [0.717, 1.165) is 25.9 Å². The Morgan fingerprint density at radius 1 is 1.10 bits per heavy atom. The summed E-state index contributed by atoms with van der Waals surface area (Å²) in [4.78, 5) is 14.1. The number of halogens is 1. The van der Waals surface area contributed by atoms with Crippen molar-refractivity contribution < 1.29 is 9.18 Å². The molecule has 0 unspecified atom stereocenters. The minimum atomic E-state index is -0.298. The third kappa shape index (κ3) is 3.15. The maximum absolute atomic E-state index is 13.6. The normalized spacial score (nSPS) is 16.1. The Balaban J connectivity index is 1.57. The Morgan fingerprint density at radius 2 is 1.76 bits per heavy atom. The Kier molecular flexibility index (Phi) is 4.04. The number of piperidine rings is 1. The van der Waals surface area contributed by atoms with Gasteiger partial charge in [0.25, 0.3) is 0 Å². The second-order valence-electron chi connectivity index (χ2n) is 5.51. The van der Waals surface area contributed by atoms with Gasteiger partial charge in [-0.15, -0.1) is 0 Å². The van der Waals surface area contributed by atoms with Gasteiger partial charge in [0.15, 0.2) is 0 Å². The molecule has 110 valence electrons. The predicted molar refractivity (Wildman–Crippen MR) is 79.4 cm³/mol. The number of rotatable bonds is 3. The maximum atomic E-state index is 13.6. The number of likely N-dealkylation sites (tertiary alicyclic amines) is 1. The smallest absolute Gasteiger partial charge is 0.227 e. The van der Waals surface area contributed by atoms with Crippen LogP contribution >= 0.6 is 0 Å². The number of nitrogens with zero attached hydrogens (tertiary/aromatic N) is 2. The highest BCUT2D eigenvalue weighted by atomic mass is 19.1. The fourth-order valence-electron chi connectivity index (χ4n) is 2.92. The van der Waals surface area contributed by atoms with Gasteiger partial charge in [-0.1, -0.05) is 18.2 Å². The average Bonchev–Trinajstić information content (AvgIpc) is 3.04. The van der Waals surface area contributed by atoms with Gasteiger partial charge in [-0.2, -0.15) is 0 Å². The molecule has 1 aliphatic rings. The summed E-state index contributed by atoms with van der Waals surface area (Å²) in [5, 5.41) is 0. The van der Waals surface area contributed by atoms with Gasteiger partial charge >= 0.3 is 0 Å². The van der Waals surface area contributed by atoms with Gasteiger partial charge in [0.1, 0.15) is 5.82 Å². The number of amides is 1. The third-order valence-corrected chi connectivity index (χ3v) is 4.17. The number of carbonyl (C=O) groups excluding carboxylic acids is 1. The van der Waals surface area contributed by atoms with Crippen LogP contribution in [-0.4, -0.2) is 28.5 Å². The Hall–Kier alpha value is -2.10. The molecule has 0 aliphatic carbocycles. The highest BCUT2D eigenvalue weighted by Gasteiger charge is 2.23. The topological polar surface area (TPSA) is 25.2 Å². The number of aromatic nitrogens is 1. The van der Waals surface area contributed by atoms with Crippen LogP contribution in [0.4, 0.5) is 4.39 Å². The summed E-state index contributed by atoms with van der Waals surface area (Å²) in [7, 11) is 0. The largest absolute Gasteiger partial charge is 0.351 e. The van der Waals surface area contributed by atoms with E-state index in [2.05, 4.69) is 17.0 Å². The summed E-state index contributed by atoms with van der Waals surface area (Å²) in [6.07, 6.45) is 6.21. The first-order valence-electron chi connectivity index (χ1n) is 7.37. The van der Waals surface area contributed by atoms with Crippen molar-refractivity contribution in [1.29, 1.82) is 0 Å². The number of carbonyl (C=O) groups is 1. The zero-order valence-corrected chi connectivity index (χ0v) is 11.9. The minimum absolute atomic E-state index is 0.0195. The van der Waals surface area contributed by atoms with Crippen LogP contribution in [0.1, 0.15) is 24.4 Å². The molecule has 0 spiro atoms. The van der Waals surface area contributed by atoms with Gasteiger partial charge in [-0.05, 0) is 36.6 Å². The first kappa shape index (κ1) is 13.9. The lowest BCUT2D eigenvalue weighted by Gasteiger charge is -2.33. The van der Waals surface area contributed by atoms with Crippen molar-refractivity contribution in [3.8, 4) is 0 Å². The molecule has 1 saturated heterocycles. The summed E-state index contributed by atoms with van der Waals surface area (Å²) in [6.45, 7) is 1.49. The van der Waals surface area contributed by atoms with Crippen molar-refractivity contribution in [1.82, 2.24) is 9.47 Å². The van der Waals surface area contributed by atoms with E-state index in [1.165, 1.54) is 6.07 Å². The second-order valence-corrected chi connectivity index (χ2v) is 5.51. The molecule has 1 aliphatic heterocycles. The number of hydrogen-bond acceptors (Lipinski definition) is 1. The van der Waals surface area contributed by atoms with Gasteiger partial charge in [0, 0.05) is 31.5 Å². The maximum Gasteiger partial charge on any atom is 0.227 e. The standard InChI is InChI=1S/C17H19FN2O/c18-16-6-2-1-5-14(16)13-17(21)20-11-7-15(8-12-20)19-9-3-4-10-19/h1-6,9-10,15H,7-8,11-13H2. The fourth-order valence-corrected chi connectivity index (χ4v) is 2.92. The Bertz CT molecular complexity index is 601. The lowest BCUT2D eigenvalue weighted by Crippen LogP contribution is -2.39. The third-order valence-electron chi connectivity index (χ3n) is 4.17. The van der Waals surface area contributed by atoms with Crippen LogP contribution in [-0.2, 0) is 11.2 Å². The van der Waals surface area contributed by atoms with E-state index in [4.69, 9.17) is 0 Å². The van der Waals surface area contributed by atoms with Crippen LogP contribution < -0.4 is 0 Å². The number of benzene rings is 1. The van der Waals surface area contributed by atoms with Gasteiger partial charge in [-0.3, -0.25) is 4.79 Å². The quantitative estimate of drug-likeness (QED) is 0.851. The molecule has 0 saturated carbocycles. The lowest BCUT2D eigenvalue weighted by atomic mass is 10.0. The van der Waals surface area contributed by atoms with Gasteiger partial charge in [0.2, 0.25) is 5.91 Å². The molecule has 2 heterocycles. The molecular formula is C17H19FN2O. The van der Waals surface area contributed by atoms with Crippen molar-refractivity contribution in [2.24, 2.45) is 0 Å². The Morgan fingerprint density at radius 3 is 2.43 bits per heavy atom. The molecule has 0 N–H and O–H groups in total. The molecule has 1 amide bonds. The Labute approximate surface area is 124 Å². The molecule has 3 nitrogen and oxygen atoms in total. The zero-order valence-electron chi connectivity index (χ0n) is 11.9. The van der Waals surface area contributed by atoms with E-state index >= 15 is 0 Å². The molecule has 2 aromatic rings. The molecule has 4 heteroatoms. The summed E-state index contributed by atoms with van der Waals surface area (Å²) >= 11 is 0. The summed E-state index contributed by atoms with van der Waals surface area (Å²) in [5.41, 5.74) is 0.482. The summed E-state index contributed by atoms with van der Waals surface area (Å²) < 4.78 is 15.8. The molecule has 1 aromatic carbocycles. The van der Waals surface area contributed by atoms with E-state index < -0.39 is 0 Å². The molecular weight excluding hydrogens is 267 g/mol. The first-order valence-corrected chi connectivity index (χ1v) is 7.37. The van der Waals surface area contributed by atoms with Crippen LogP contribution in [0.25, 0.3) is 0 Å². The van der Waals surface area contributed by atoms with Gasteiger partial charge in [-0.25, -0.2) is 4.39 Å². The van der Waals surface area contributed by atoms with Crippen molar-refractivity contribution >= 4 is 5.91 Å². The zero-order chi connectivity index (χ0) is 14.7. The van der Waals surface area contributed by atoms with E-state index in [-0.39, 0.29) is 18.1 Å². The molecule has 3 rings (SSSR count). The molecule has 1 fully saturated rings. The molecule has 0 bridgehead atoms. The van der Waals surface area contributed by atoms with Crippen LogP contribution in [0.3, 0.4) is 0 Å². The van der Waals surface area contributed by atoms with E-state index in [0.29, 0.717) is 11.6 Å². The predicted octanol–water partition coefficient (Wildman–Crippen LogP) is 3.03.